The van der Waals surface area contributed by atoms with Crippen LogP contribution < -0.4 is 5.32 Å². The topological polar surface area (TPSA) is 103 Å². The van der Waals surface area contributed by atoms with Crippen LogP contribution in [0.5, 0.6) is 0 Å². The van der Waals surface area contributed by atoms with E-state index >= 15 is 0 Å². The van der Waals surface area contributed by atoms with E-state index in [-0.39, 0.29) is 25.4 Å². The lowest BCUT2D eigenvalue weighted by molar-refractivity contribution is -0.135. The Kier molecular flexibility index (Phi) is 4.70. The first-order valence-electron chi connectivity index (χ1n) is 6.52. The molecule has 2 N–H and O–H groups in total. The number of carbonyl (C=O) groups excluding carboxylic acids is 2. The third kappa shape index (κ3) is 4.16. The fourth-order valence-electron chi connectivity index (χ4n) is 2.04. The van der Waals surface area contributed by atoms with Gasteiger partial charge in [0.25, 0.3) is 0 Å². The summed E-state index contributed by atoms with van der Waals surface area (Å²) in [7, 11) is 0. The molecule has 0 bridgehead atoms. The zero-order valence-corrected chi connectivity index (χ0v) is 11.4. The lowest BCUT2D eigenvalue weighted by Gasteiger charge is -2.33. The fraction of sp³-hybridized carbons (Fsp3) is 0.385. The number of anilines is 1. The maximum atomic E-state index is 12.0. The largest absolute Gasteiger partial charge is 0.465 e. The number of piperazine rings is 1. The highest BCUT2D eigenvalue weighted by atomic mass is 16.4. The quantitative estimate of drug-likeness (QED) is 0.776. The van der Waals surface area contributed by atoms with Crippen molar-refractivity contribution in [1.29, 1.82) is 0 Å². The summed E-state index contributed by atoms with van der Waals surface area (Å²) in [6, 6.07) is 3.27. The van der Waals surface area contributed by atoms with Crippen LogP contribution in [0.2, 0.25) is 0 Å². The molecule has 3 amide bonds. The number of pyridine rings is 1. The van der Waals surface area contributed by atoms with Gasteiger partial charge in [-0.3, -0.25) is 14.6 Å². The molecule has 0 atom stereocenters. The van der Waals surface area contributed by atoms with Crippen LogP contribution in [0.25, 0.3) is 0 Å². The molecule has 0 radical (unpaired) electrons. The van der Waals surface area contributed by atoms with E-state index < -0.39 is 12.0 Å². The zero-order valence-electron chi connectivity index (χ0n) is 11.4. The summed E-state index contributed by atoms with van der Waals surface area (Å²) in [5.41, 5.74) is 0.582. The zero-order chi connectivity index (χ0) is 15.2. The molecule has 0 aliphatic carbocycles. The third-order valence-electron chi connectivity index (χ3n) is 3.18. The normalized spacial score (nSPS) is 14.7. The molecule has 1 aliphatic rings. The van der Waals surface area contributed by atoms with E-state index in [1.54, 1.807) is 24.5 Å². The molecule has 112 valence electrons. The van der Waals surface area contributed by atoms with Crippen molar-refractivity contribution in [3.05, 3.63) is 24.5 Å². The number of carbonyl (C=O) groups is 3. The van der Waals surface area contributed by atoms with Crippen molar-refractivity contribution in [2.24, 2.45) is 0 Å². The van der Waals surface area contributed by atoms with E-state index in [9.17, 15) is 14.4 Å². The number of nitrogens with zero attached hydrogens (tertiary/aromatic N) is 3. The molecule has 1 fully saturated rings. The number of carboxylic acid groups (broad SMARTS) is 1. The predicted molar refractivity (Wildman–Crippen MR) is 73.7 cm³/mol. The summed E-state index contributed by atoms with van der Waals surface area (Å²) in [6.45, 7) is 1.17. The fourth-order valence-corrected chi connectivity index (χ4v) is 2.04. The Balaban J connectivity index is 1.79. The maximum Gasteiger partial charge on any atom is 0.407 e. The molecule has 0 unspecified atom stereocenters. The Morgan fingerprint density at radius 3 is 2.24 bits per heavy atom. The second kappa shape index (κ2) is 6.69. The van der Waals surface area contributed by atoms with Gasteiger partial charge in [-0.15, -0.1) is 0 Å². The van der Waals surface area contributed by atoms with Crippen molar-refractivity contribution >= 4 is 23.6 Å². The number of aromatic nitrogens is 1. The van der Waals surface area contributed by atoms with Crippen LogP contribution in [0.3, 0.4) is 0 Å². The molecular weight excluding hydrogens is 276 g/mol. The van der Waals surface area contributed by atoms with Gasteiger partial charge in [0.15, 0.2) is 0 Å². The van der Waals surface area contributed by atoms with Gasteiger partial charge in [-0.25, -0.2) is 4.79 Å². The first kappa shape index (κ1) is 14.8. The van der Waals surface area contributed by atoms with Crippen molar-refractivity contribution < 1.29 is 19.5 Å². The maximum absolute atomic E-state index is 12.0. The minimum Gasteiger partial charge on any atom is -0.465 e. The lowest BCUT2D eigenvalue weighted by atomic mass is 10.2. The number of hydrogen-bond donors (Lipinski definition) is 2. The second-order valence-corrected chi connectivity index (χ2v) is 4.61. The summed E-state index contributed by atoms with van der Waals surface area (Å²) in [5.74, 6) is -0.696. The molecule has 21 heavy (non-hydrogen) atoms. The first-order valence-corrected chi connectivity index (χ1v) is 6.52. The molecular formula is C13H16N4O4. The molecule has 2 heterocycles. The molecule has 8 heteroatoms. The van der Waals surface area contributed by atoms with Gasteiger partial charge in [0, 0.05) is 44.3 Å². The van der Waals surface area contributed by atoms with E-state index in [2.05, 4.69) is 10.3 Å². The van der Waals surface area contributed by atoms with E-state index in [0.717, 1.165) is 0 Å². The monoisotopic (exact) mass is 292 g/mol. The molecule has 0 saturated carbocycles. The summed E-state index contributed by atoms with van der Waals surface area (Å²) in [4.78, 5) is 41.1. The van der Waals surface area contributed by atoms with Gasteiger partial charge in [0.05, 0.1) is 0 Å². The van der Waals surface area contributed by atoms with Gasteiger partial charge >= 0.3 is 6.09 Å². The van der Waals surface area contributed by atoms with E-state index in [4.69, 9.17) is 5.11 Å². The molecule has 8 nitrogen and oxygen atoms in total. The van der Waals surface area contributed by atoms with Crippen molar-refractivity contribution in [3.63, 3.8) is 0 Å². The van der Waals surface area contributed by atoms with Crippen LogP contribution in [0, 0.1) is 0 Å². The Morgan fingerprint density at radius 1 is 1.10 bits per heavy atom. The van der Waals surface area contributed by atoms with Crippen molar-refractivity contribution in [3.8, 4) is 0 Å². The van der Waals surface area contributed by atoms with Crippen LogP contribution in [-0.4, -0.2) is 64.0 Å². The Morgan fingerprint density at radius 2 is 1.67 bits per heavy atom. The van der Waals surface area contributed by atoms with Crippen molar-refractivity contribution in [2.45, 2.75) is 6.42 Å². The van der Waals surface area contributed by atoms with Gasteiger partial charge in [0.1, 0.15) is 6.42 Å². The average Bonchev–Trinajstić information content (AvgIpc) is 2.48. The lowest BCUT2D eigenvalue weighted by Crippen LogP contribution is -2.50. The predicted octanol–water partition coefficient (Wildman–Crippen LogP) is 0.232. The highest BCUT2D eigenvalue weighted by molar-refractivity contribution is 6.03. The highest BCUT2D eigenvalue weighted by Gasteiger charge is 2.24. The summed E-state index contributed by atoms with van der Waals surface area (Å²) >= 11 is 0. The average molecular weight is 292 g/mol. The van der Waals surface area contributed by atoms with E-state index in [1.165, 1.54) is 9.80 Å². The summed E-state index contributed by atoms with van der Waals surface area (Å²) in [6.07, 6.45) is 1.85. The minimum absolute atomic E-state index is 0.255. The highest BCUT2D eigenvalue weighted by Crippen LogP contribution is 2.07. The molecule has 1 aliphatic heterocycles. The second-order valence-electron chi connectivity index (χ2n) is 4.61. The summed E-state index contributed by atoms with van der Waals surface area (Å²) < 4.78 is 0. The Labute approximate surface area is 121 Å². The van der Waals surface area contributed by atoms with Crippen LogP contribution in [0.15, 0.2) is 24.5 Å². The van der Waals surface area contributed by atoms with Crippen molar-refractivity contribution in [2.75, 3.05) is 31.5 Å². The van der Waals surface area contributed by atoms with Crippen molar-refractivity contribution in [1.82, 2.24) is 14.8 Å². The summed E-state index contributed by atoms with van der Waals surface area (Å²) in [5, 5.41) is 11.4. The van der Waals surface area contributed by atoms with Gasteiger partial charge in [-0.05, 0) is 12.1 Å². The Bertz CT molecular complexity index is 526. The molecule has 2 rings (SSSR count). The standard InChI is InChI=1S/C13H16N4O4/c18-11(15-10-1-3-14-4-2-10)9-12(19)16-5-7-17(8-6-16)13(20)21/h1-4H,5-9H2,(H,20,21)(H,14,15,18). The van der Waals surface area contributed by atoms with Crippen LogP contribution >= 0.6 is 0 Å². The van der Waals surface area contributed by atoms with E-state index in [0.29, 0.717) is 18.8 Å². The third-order valence-corrected chi connectivity index (χ3v) is 3.18. The van der Waals surface area contributed by atoms with Gasteiger partial charge < -0.3 is 20.2 Å². The molecule has 1 saturated heterocycles. The molecule has 0 spiro atoms. The Hall–Kier alpha value is -2.64. The minimum atomic E-state index is -0.988. The SMILES string of the molecule is O=C(CC(=O)N1CCN(C(=O)O)CC1)Nc1ccncc1. The molecule has 1 aromatic rings. The molecule has 0 aromatic carbocycles. The van der Waals surface area contributed by atoms with Gasteiger partial charge in [0.2, 0.25) is 11.8 Å². The van der Waals surface area contributed by atoms with Gasteiger partial charge in [-0.1, -0.05) is 0 Å². The van der Waals surface area contributed by atoms with Crippen LogP contribution in [-0.2, 0) is 9.59 Å². The smallest absolute Gasteiger partial charge is 0.407 e. The van der Waals surface area contributed by atoms with Gasteiger partial charge in [-0.2, -0.15) is 0 Å². The van der Waals surface area contributed by atoms with Crippen LogP contribution in [0.4, 0.5) is 10.5 Å². The first-order chi connectivity index (χ1) is 10.1. The van der Waals surface area contributed by atoms with E-state index in [1.807, 2.05) is 0 Å². The number of hydrogen-bond acceptors (Lipinski definition) is 4. The number of amides is 3. The number of nitrogens with one attached hydrogen (secondary N) is 1. The van der Waals surface area contributed by atoms with Crippen LogP contribution in [0.1, 0.15) is 6.42 Å². The number of rotatable bonds is 3. The molecule has 1 aromatic heterocycles.